The summed E-state index contributed by atoms with van der Waals surface area (Å²) >= 11 is 11.2. The summed E-state index contributed by atoms with van der Waals surface area (Å²) in [5.41, 5.74) is 3.43. The molecule has 8 heteroatoms. The van der Waals surface area contributed by atoms with Gasteiger partial charge < -0.3 is 9.73 Å². The van der Waals surface area contributed by atoms with Crippen molar-refractivity contribution in [1.82, 2.24) is 20.6 Å². The summed E-state index contributed by atoms with van der Waals surface area (Å²) in [5, 5.41) is 6.23. The van der Waals surface area contributed by atoms with Crippen LogP contribution in [0.5, 0.6) is 0 Å². The molecule has 0 radical (unpaired) electrons. The maximum absolute atomic E-state index is 12.2. The van der Waals surface area contributed by atoms with Gasteiger partial charge >= 0.3 is 0 Å². The lowest BCUT2D eigenvalue weighted by Crippen LogP contribution is -2.38. The van der Waals surface area contributed by atoms with E-state index in [1.54, 1.807) is 36.5 Å². The molecule has 2 heterocycles. The molecule has 1 amide bonds. The van der Waals surface area contributed by atoms with Gasteiger partial charge in [0.2, 0.25) is 5.89 Å². The van der Waals surface area contributed by atoms with Gasteiger partial charge in [0.25, 0.3) is 5.91 Å². The van der Waals surface area contributed by atoms with Gasteiger partial charge in [-0.2, -0.15) is 4.98 Å². The number of fused-ring (bicyclic) bond motifs is 1. The zero-order chi connectivity index (χ0) is 20.2. The number of pyridine rings is 1. The van der Waals surface area contributed by atoms with Crippen molar-refractivity contribution in [1.29, 1.82) is 0 Å². The van der Waals surface area contributed by atoms with Gasteiger partial charge in [-0.3, -0.25) is 10.1 Å². The summed E-state index contributed by atoms with van der Waals surface area (Å²) in [6.45, 7) is 0.455. The van der Waals surface area contributed by atoms with Gasteiger partial charge in [-0.05, 0) is 54.2 Å². The number of halogens is 1. The van der Waals surface area contributed by atoms with E-state index < -0.39 is 0 Å². The molecule has 4 aromatic rings. The predicted molar refractivity (Wildman–Crippen MR) is 116 cm³/mol. The summed E-state index contributed by atoms with van der Waals surface area (Å²) in [5.74, 6) is 0.161. The van der Waals surface area contributed by atoms with Crippen LogP contribution in [0.1, 0.15) is 15.9 Å². The smallest absolute Gasteiger partial charge is 0.258 e. The molecule has 144 valence electrons. The Balaban J connectivity index is 1.36. The highest BCUT2D eigenvalue weighted by molar-refractivity contribution is 7.80. The van der Waals surface area contributed by atoms with Gasteiger partial charge in [-0.25, -0.2) is 4.98 Å². The quantitative estimate of drug-likeness (QED) is 0.476. The van der Waals surface area contributed by atoms with Crippen LogP contribution in [0.3, 0.4) is 0 Å². The molecular formula is C21H15ClN4O2S. The molecule has 0 atom stereocenters. The molecule has 0 saturated carbocycles. The summed E-state index contributed by atoms with van der Waals surface area (Å²) in [6.07, 6.45) is 1.68. The highest BCUT2D eigenvalue weighted by Gasteiger charge is 2.11. The van der Waals surface area contributed by atoms with E-state index in [4.69, 9.17) is 28.2 Å². The van der Waals surface area contributed by atoms with Gasteiger partial charge in [0.05, 0.1) is 10.6 Å². The molecule has 0 spiro atoms. The number of carbonyl (C=O) groups is 1. The first-order valence-corrected chi connectivity index (χ1v) is 9.53. The van der Waals surface area contributed by atoms with Crippen LogP contribution in [0, 0.1) is 0 Å². The molecule has 0 saturated heterocycles. The van der Waals surface area contributed by atoms with E-state index in [1.807, 2.05) is 30.3 Å². The lowest BCUT2D eigenvalue weighted by Gasteiger charge is -2.10. The fraction of sp³-hybridized carbons (Fsp3) is 0.0476. The molecule has 0 bridgehead atoms. The second-order valence-electron chi connectivity index (χ2n) is 6.16. The monoisotopic (exact) mass is 422 g/mol. The average molecular weight is 423 g/mol. The number of hydrogen-bond acceptors (Lipinski definition) is 5. The van der Waals surface area contributed by atoms with Crippen molar-refractivity contribution in [2.75, 3.05) is 0 Å². The third-order valence-corrected chi connectivity index (χ3v) is 4.74. The van der Waals surface area contributed by atoms with Crippen LogP contribution in [0.2, 0.25) is 5.02 Å². The number of amides is 1. The number of hydrogen-bond donors (Lipinski definition) is 2. The Labute approximate surface area is 176 Å². The van der Waals surface area contributed by atoms with Crippen molar-refractivity contribution in [2.45, 2.75) is 6.54 Å². The Morgan fingerprint density at radius 3 is 2.62 bits per heavy atom. The van der Waals surface area contributed by atoms with Crippen LogP contribution >= 0.6 is 23.8 Å². The fourth-order valence-electron chi connectivity index (χ4n) is 2.70. The van der Waals surface area contributed by atoms with Crippen molar-refractivity contribution in [3.05, 3.63) is 83.0 Å². The molecule has 0 aliphatic carbocycles. The third kappa shape index (κ3) is 4.42. The van der Waals surface area contributed by atoms with E-state index in [9.17, 15) is 4.79 Å². The number of nitrogens with one attached hydrogen (secondary N) is 2. The van der Waals surface area contributed by atoms with Gasteiger partial charge in [0, 0.05) is 18.3 Å². The highest BCUT2D eigenvalue weighted by atomic mass is 35.5. The largest absolute Gasteiger partial charge is 0.434 e. The van der Waals surface area contributed by atoms with Crippen LogP contribution in [0.4, 0.5) is 0 Å². The highest BCUT2D eigenvalue weighted by Crippen LogP contribution is 2.23. The van der Waals surface area contributed by atoms with Gasteiger partial charge in [0.15, 0.2) is 16.3 Å². The van der Waals surface area contributed by atoms with Gasteiger partial charge in [0.1, 0.15) is 0 Å². The molecule has 29 heavy (non-hydrogen) atoms. The Hall–Kier alpha value is -3.29. The molecule has 4 rings (SSSR count). The first-order chi connectivity index (χ1) is 14.1. The molecule has 0 unspecified atom stereocenters. The normalized spacial score (nSPS) is 10.7. The minimum Gasteiger partial charge on any atom is -0.434 e. The van der Waals surface area contributed by atoms with Crippen LogP contribution in [0.15, 0.2) is 71.3 Å². The number of nitrogens with zero attached hydrogens (tertiary/aromatic N) is 2. The van der Waals surface area contributed by atoms with E-state index in [0.29, 0.717) is 34.3 Å². The Morgan fingerprint density at radius 2 is 1.86 bits per heavy atom. The van der Waals surface area contributed by atoms with Gasteiger partial charge in [-0.1, -0.05) is 35.9 Å². The standard InChI is InChI=1S/C21H15ClN4O2S/c22-16-5-2-1-4-15(16)19(27)26-21(29)24-12-13-7-9-14(10-8-13)20-25-18-17(28-20)6-3-11-23-18/h1-11H,12H2,(H2,24,26,27,29). The Bertz CT molecular complexity index is 1160. The van der Waals surface area contributed by atoms with E-state index in [0.717, 1.165) is 11.1 Å². The molecular weight excluding hydrogens is 408 g/mol. The molecule has 0 aliphatic rings. The lowest BCUT2D eigenvalue weighted by molar-refractivity contribution is 0.0977. The number of carbonyl (C=O) groups excluding carboxylic acids is 1. The number of thiocarbonyl (C=S) groups is 1. The topological polar surface area (TPSA) is 80.0 Å². The van der Waals surface area contributed by atoms with Gasteiger partial charge in [-0.15, -0.1) is 0 Å². The second kappa shape index (κ2) is 8.38. The minimum absolute atomic E-state index is 0.226. The van der Waals surface area contributed by atoms with Crippen molar-refractivity contribution >= 4 is 46.1 Å². The second-order valence-corrected chi connectivity index (χ2v) is 6.97. The van der Waals surface area contributed by atoms with Crippen LogP contribution in [-0.4, -0.2) is 21.0 Å². The van der Waals surface area contributed by atoms with Crippen molar-refractivity contribution in [2.24, 2.45) is 0 Å². The van der Waals surface area contributed by atoms with E-state index >= 15 is 0 Å². The number of aromatic nitrogens is 2. The van der Waals surface area contributed by atoms with Crippen LogP contribution < -0.4 is 10.6 Å². The Kier molecular flexibility index (Phi) is 5.50. The van der Waals surface area contributed by atoms with Crippen molar-refractivity contribution in [3.63, 3.8) is 0 Å². The van der Waals surface area contributed by atoms with Crippen molar-refractivity contribution < 1.29 is 9.21 Å². The maximum Gasteiger partial charge on any atom is 0.258 e. The summed E-state index contributed by atoms with van der Waals surface area (Å²) in [4.78, 5) is 20.8. The zero-order valence-corrected chi connectivity index (χ0v) is 16.6. The molecule has 6 nitrogen and oxygen atoms in total. The van der Waals surface area contributed by atoms with Crippen LogP contribution in [-0.2, 0) is 6.54 Å². The minimum atomic E-state index is -0.354. The molecule has 2 aromatic heterocycles. The van der Waals surface area contributed by atoms with E-state index in [1.165, 1.54) is 0 Å². The summed E-state index contributed by atoms with van der Waals surface area (Å²) < 4.78 is 5.72. The summed E-state index contributed by atoms with van der Waals surface area (Å²) in [7, 11) is 0. The fourth-order valence-corrected chi connectivity index (χ4v) is 3.09. The lowest BCUT2D eigenvalue weighted by atomic mass is 10.1. The van der Waals surface area contributed by atoms with Crippen LogP contribution in [0.25, 0.3) is 22.7 Å². The average Bonchev–Trinajstić information content (AvgIpc) is 3.17. The molecule has 2 aromatic carbocycles. The zero-order valence-electron chi connectivity index (χ0n) is 15.1. The SMILES string of the molecule is O=C(NC(=S)NCc1ccc(-c2nc3ncccc3o2)cc1)c1ccccc1Cl. The molecule has 0 fully saturated rings. The molecule has 2 N–H and O–H groups in total. The predicted octanol–water partition coefficient (Wildman–Crippen LogP) is 4.35. The Morgan fingerprint density at radius 1 is 1.07 bits per heavy atom. The number of oxazole rings is 1. The summed E-state index contributed by atoms with van der Waals surface area (Å²) in [6, 6.07) is 18.1. The first-order valence-electron chi connectivity index (χ1n) is 8.75. The van der Waals surface area contributed by atoms with E-state index in [2.05, 4.69) is 20.6 Å². The maximum atomic E-state index is 12.2. The first kappa shape index (κ1) is 19.0. The van der Waals surface area contributed by atoms with E-state index in [-0.39, 0.29) is 11.0 Å². The molecule has 0 aliphatic heterocycles. The number of rotatable bonds is 4. The van der Waals surface area contributed by atoms with Crippen molar-refractivity contribution in [3.8, 4) is 11.5 Å². The third-order valence-electron chi connectivity index (χ3n) is 4.16. The number of benzene rings is 2.